The molecule has 2 aromatic carbocycles. The van der Waals surface area contributed by atoms with Crippen molar-refractivity contribution >= 4 is 22.4 Å². The number of nitrogens with two attached hydrogens (primary N) is 1. The highest BCUT2D eigenvalue weighted by molar-refractivity contribution is 5.91. The summed E-state index contributed by atoms with van der Waals surface area (Å²) in [5.41, 5.74) is 9.91. The lowest BCUT2D eigenvalue weighted by atomic mass is 10.1. The minimum atomic E-state index is 0.714. The van der Waals surface area contributed by atoms with E-state index in [0.717, 1.165) is 23.3 Å². The molecule has 3 rings (SSSR count). The summed E-state index contributed by atoms with van der Waals surface area (Å²) in [4.78, 5) is 8.55. The predicted molar refractivity (Wildman–Crippen MR) is 82.5 cm³/mol. The maximum Gasteiger partial charge on any atom is 0.137 e. The maximum absolute atomic E-state index is 5.84. The molecule has 0 radical (unpaired) electrons. The molecule has 0 fully saturated rings. The molecule has 100 valence electrons. The van der Waals surface area contributed by atoms with Crippen molar-refractivity contribution in [1.29, 1.82) is 0 Å². The van der Waals surface area contributed by atoms with Gasteiger partial charge in [0.25, 0.3) is 0 Å². The molecule has 0 spiro atoms. The highest BCUT2D eigenvalue weighted by Crippen LogP contribution is 2.22. The molecule has 0 saturated carbocycles. The molecular weight excluding hydrogens is 248 g/mol. The van der Waals surface area contributed by atoms with Crippen LogP contribution in [0, 0.1) is 6.92 Å². The van der Waals surface area contributed by atoms with Gasteiger partial charge < -0.3 is 11.1 Å². The van der Waals surface area contributed by atoms with Gasteiger partial charge in [0, 0.05) is 17.6 Å². The Morgan fingerprint density at radius 3 is 2.85 bits per heavy atom. The lowest BCUT2D eigenvalue weighted by Crippen LogP contribution is -2.03. The second kappa shape index (κ2) is 5.17. The smallest absolute Gasteiger partial charge is 0.137 e. The quantitative estimate of drug-likeness (QED) is 0.713. The van der Waals surface area contributed by atoms with Crippen molar-refractivity contribution in [3.63, 3.8) is 0 Å². The number of nitrogens with one attached hydrogen (secondary N) is 1. The number of rotatable bonds is 3. The number of hydrogen-bond donors (Lipinski definition) is 2. The van der Waals surface area contributed by atoms with Gasteiger partial charge in [-0.3, -0.25) is 0 Å². The fraction of sp³-hybridized carbons (Fsp3) is 0.125. The molecule has 3 N–H and O–H groups in total. The van der Waals surface area contributed by atoms with Crippen LogP contribution in [0.5, 0.6) is 0 Å². The van der Waals surface area contributed by atoms with Gasteiger partial charge in [-0.1, -0.05) is 29.8 Å². The van der Waals surface area contributed by atoms with Crippen molar-refractivity contribution in [3.05, 3.63) is 59.9 Å². The Balaban J connectivity index is 1.89. The van der Waals surface area contributed by atoms with Crippen LogP contribution >= 0.6 is 0 Å². The number of aryl methyl sites for hydroxylation is 1. The average Bonchev–Trinajstić information content (AvgIpc) is 2.45. The van der Waals surface area contributed by atoms with E-state index in [2.05, 4.69) is 46.5 Å². The number of anilines is 2. The minimum absolute atomic E-state index is 0.714. The predicted octanol–water partition coefficient (Wildman–Crippen LogP) is 3.13. The molecule has 0 aliphatic carbocycles. The molecule has 3 aromatic rings. The summed E-state index contributed by atoms with van der Waals surface area (Å²) in [6.45, 7) is 2.81. The standard InChI is InChI=1S/C16H16N4/c1-11-3-2-4-12(7-11)9-18-16-14-8-13(17)5-6-15(14)19-10-20-16/h2-8,10H,9,17H2,1H3,(H,18,19,20). The molecule has 1 heterocycles. The Morgan fingerprint density at radius 2 is 2.00 bits per heavy atom. The third-order valence-electron chi connectivity index (χ3n) is 3.20. The van der Waals surface area contributed by atoms with Gasteiger partial charge in [0.1, 0.15) is 12.1 Å². The van der Waals surface area contributed by atoms with E-state index in [1.807, 2.05) is 18.2 Å². The van der Waals surface area contributed by atoms with Crippen molar-refractivity contribution in [2.75, 3.05) is 11.1 Å². The summed E-state index contributed by atoms with van der Waals surface area (Å²) in [6, 6.07) is 14.0. The second-order valence-electron chi connectivity index (χ2n) is 4.84. The van der Waals surface area contributed by atoms with E-state index in [1.54, 1.807) is 6.33 Å². The Kier molecular flexibility index (Phi) is 3.21. The molecule has 0 bridgehead atoms. The summed E-state index contributed by atoms with van der Waals surface area (Å²) in [5.74, 6) is 0.809. The monoisotopic (exact) mass is 264 g/mol. The number of benzene rings is 2. The lowest BCUT2D eigenvalue weighted by molar-refractivity contribution is 1.10. The van der Waals surface area contributed by atoms with Crippen LogP contribution in [0.25, 0.3) is 10.9 Å². The van der Waals surface area contributed by atoms with E-state index in [9.17, 15) is 0 Å². The lowest BCUT2D eigenvalue weighted by Gasteiger charge is -2.09. The highest BCUT2D eigenvalue weighted by Gasteiger charge is 2.04. The molecule has 4 heteroatoms. The Labute approximate surface area is 117 Å². The van der Waals surface area contributed by atoms with Gasteiger partial charge in [0.2, 0.25) is 0 Å². The summed E-state index contributed by atoms with van der Waals surface area (Å²) >= 11 is 0. The number of aromatic nitrogens is 2. The zero-order chi connectivity index (χ0) is 13.9. The summed E-state index contributed by atoms with van der Waals surface area (Å²) in [7, 11) is 0. The molecule has 4 nitrogen and oxygen atoms in total. The molecule has 0 amide bonds. The molecule has 0 aliphatic rings. The first kappa shape index (κ1) is 12.4. The first-order valence-corrected chi connectivity index (χ1v) is 6.52. The van der Waals surface area contributed by atoms with Gasteiger partial charge in [-0.25, -0.2) is 9.97 Å². The third-order valence-corrected chi connectivity index (χ3v) is 3.20. The van der Waals surface area contributed by atoms with E-state index in [0.29, 0.717) is 5.69 Å². The zero-order valence-corrected chi connectivity index (χ0v) is 11.3. The second-order valence-corrected chi connectivity index (χ2v) is 4.84. The number of nitrogen functional groups attached to an aromatic ring is 1. The van der Waals surface area contributed by atoms with E-state index in [4.69, 9.17) is 5.73 Å². The van der Waals surface area contributed by atoms with Gasteiger partial charge in [-0.15, -0.1) is 0 Å². The van der Waals surface area contributed by atoms with Crippen LogP contribution in [0.15, 0.2) is 48.8 Å². The maximum atomic E-state index is 5.84. The van der Waals surface area contributed by atoms with Crippen LogP contribution in [-0.4, -0.2) is 9.97 Å². The zero-order valence-electron chi connectivity index (χ0n) is 11.3. The normalized spacial score (nSPS) is 10.7. The topological polar surface area (TPSA) is 63.8 Å². The molecule has 0 aliphatic heterocycles. The van der Waals surface area contributed by atoms with Crippen molar-refractivity contribution in [2.45, 2.75) is 13.5 Å². The van der Waals surface area contributed by atoms with Gasteiger partial charge >= 0.3 is 0 Å². The van der Waals surface area contributed by atoms with Crippen molar-refractivity contribution in [2.24, 2.45) is 0 Å². The van der Waals surface area contributed by atoms with Crippen LogP contribution in [0.2, 0.25) is 0 Å². The molecular formula is C16H16N4. The molecule has 0 saturated heterocycles. The fourth-order valence-corrected chi connectivity index (χ4v) is 2.22. The van der Waals surface area contributed by atoms with Crippen LogP contribution < -0.4 is 11.1 Å². The van der Waals surface area contributed by atoms with Gasteiger partial charge in [-0.05, 0) is 30.7 Å². The molecule has 1 aromatic heterocycles. The Bertz CT molecular complexity index is 752. The highest BCUT2D eigenvalue weighted by atomic mass is 15.0. The van der Waals surface area contributed by atoms with Crippen LogP contribution in [0.1, 0.15) is 11.1 Å². The van der Waals surface area contributed by atoms with Gasteiger partial charge in [0.15, 0.2) is 0 Å². The average molecular weight is 264 g/mol. The summed E-state index contributed by atoms with van der Waals surface area (Å²) in [5, 5.41) is 4.30. The van der Waals surface area contributed by atoms with Gasteiger partial charge in [-0.2, -0.15) is 0 Å². The Hall–Kier alpha value is -2.62. The molecule has 0 unspecified atom stereocenters. The minimum Gasteiger partial charge on any atom is -0.399 e. The van der Waals surface area contributed by atoms with E-state index in [-0.39, 0.29) is 0 Å². The van der Waals surface area contributed by atoms with Crippen molar-refractivity contribution in [3.8, 4) is 0 Å². The van der Waals surface area contributed by atoms with Crippen molar-refractivity contribution in [1.82, 2.24) is 9.97 Å². The van der Waals surface area contributed by atoms with Crippen LogP contribution in [-0.2, 0) is 6.54 Å². The first-order chi connectivity index (χ1) is 9.72. The molecule has 20 heavy (non-hydrogen) atoms. The van der Waals surface area contributed by atoms with Gasteiger partial charge in [0.05, 0.1) is 5.52 Å². The number of nitrogens with zero attached hydrogens (tertiary/aromatic N) is 2. The van der Waals surface area contributed by atoms with E-state index >= 15 is 0 Å². The van der Waals surface area contributed by atoms with Crippen molar-refractivity contribution < 1.29 is 0 Å². The molecule has 0 atom stereocenters. The third kappa shape index (κ3) is 2.54. The van der Waals surface area contributed by atoms with Crippen LogP contribution in [0.3, 0.4) is 0 Å². The number of hydrogen-bond acceptors (Lipinski definition) is 4. The fourth-order valence-electron chi connectivity index (χ4n) is 2.22. The van der Waals surface area contributed by atoms with E-state index < -0.39 is 0 Å². The largest absolute Gasteiger partial charge is 0.399 e. The van der Waals surface area contributed by atoms with E-state index in [1.165, 1.54) is 11.1 Å². The number of fused-ring (bicyclic) bond motifs is 1. The first-order valence-electron chi connectivity index (χ1n) is 6.52. The Morgan fingerprint density at radius 1 is 1.10 bits per heavy atom. The SMILES string of the molecule is Cc1cccc(CNc2ncnc3ccc(N)cc23)c1. The summed E-state index contributed by atoms with van der Waals surface area (Å²) < 4.78 is 0. The summed E-state index contributed by atoms with van der Waals surface area (Å²) in [6.07, 6.45) is 1.57. The van der Waals surface area contributed by atoms with Crippen LogP contribution in [0.4, 0.5) is 11.5 Å².